The summed E-state index contributed by atoms with van der Waals surface area (Å²) in [6.07, 6.45) is 7.69. The van der Waals surface area contributed by atoms with Crippen LogP contribution in [0.25, 0.3) is 0 Å². The van der Waals surface area contributed by atoms with Gasteiger partial charge >= 0.3 is 5.97 Å². The maximum atomic E-state index is 12.1. The van der Waals surface area contributed by atoms with Gasteiger partial charge in [0.05, 0.1) is 17.8 Å². The van der Waals surface area contributed by atoms with Gasteiger partial charge in [0.2, 0.25) is 0 Å². The number of aliphatic hydroxyl groups is 3. The summed E-state index contributed by atoms with van der Waals surface area (Å²) in [4.78, 5) is 11.6. The van der Waals surface area contributed by atoms with Crippen LogP contribution in [0.1, 0.15) is 65.2 Å². The maximum Gasteiger partial charge on any atom is 0.331 e. The standard InChI is InChI=1S/C23H34O5/c1-21-7-5-15(24)10-14(21)3-4-17-18(21)11-19(25)22(2)16(6-8-23(17,22)27)13-9-20(26)28-12-13/h9,14-19,24-25,27H,3-8,10-12H2,1-2H3/t14-,15-,16+,17+,18-,19+,21-,22+,23+/m1/s1. The number of hydrogen-bond acceptors (Lipinski definition) is 5. The van der Waals surface area contributed by atoms with Crippen LogP contribution in [-0.4, -0.2) is 45.7 Å². The van der Waals surface area contributed by atoms with Gasteiger partial charge in [0.1, 0.15) is 6.61 Å². The summed E-state index contributed by atoms with van der Waals surface area (Å²) in [5.41, 5.74) is -0.507. The van der Waals surface area contributed by atoms with Gasteiger partial charge in [-0.1, -0.05) is 13.8 Å². The van der Waals surface area contributed by atoms with E-state index in [1.54, 1.807) is 6.08 Å². The minimum absolute atomic E-state index is 0.00129. The Morgan fingerprint density at radius 1 is 1.04 bits per heavy atom. The number of hydrogen-bond donors (Lipinski definition) is 3. The molecule has 0 amide bonds. The molecule has 0 unspecified atom stereocenters. The fraction of sp³-hybridized carbons (Fsp3) is 0.870. The fourth-order valence-electron chi connectivity index (χ4n) is 8.37. The van der Waals surface area contributed by atoms with E-state index >= 15 is 0 Å². The van der Waals surface area contributed by atoms with Gasteiger partial charge in [-0.05, 0) is 86.0 Å². The summed E-state index contributed by atoms with van der Waals surface area (Å²) in [7, 11) is 0. The molecule has 156 valence electrons. The molecule has 4 aliphatic carbocycles. The van der Waals surface area contributed by atoms with E-state index in [4.69, 9.17) is 4.74 Å². The molecule has 0 bridgehead atoms. The van der Waals surface area contributed by atoms with Crippen molar-refractivity contribution in [3.05, 3.63) is 11.6 Å². The Labute approximate surface area is 167 Å². The zero-order chi connectivity index (χ0) is 19.9. The molecule has 5 aliphatic rings. The van der Waals surface area contributed by atoms with Crippen molar-refractivity contribution >= 4 is 5.97 Å². The smallest absolute Gasteiger partial charge is 0.331 e. The molecule has 9 atom stereocenters. The highest BCUT2D eigenvalue weighted by Crippen LogP contribution is 2.69. The molecule has 0 spiro atoms. The minimum Gasteiger partial charge on any atom is -0.458 e. The highest BCUT2D eigenvalue weighted by Gasteiger charge is 2.70. The summed E-state index contributed by atoms with van der Waals surface area (Å²) >= 11 is 0. The Hall–Kier alpha value is -0.910. The van der Waals surface area contributed by atoms with Gasteiger partial charge in [0.25, 0.3) is 0 Å². The average molecular weight is 391 g/mol. The van der Waals surface area contributed by atoms with Crippen molar-refractivity contribution in [2.75, 3.05) is 6.61 Å². The van der Waals surface area contributed by atoms with Crippen LogP contribution in [0.5, 0.6) is 0 Å². The largest absolute Gasteiger partial charge is 0.458 e. The Bertz CT molecular complexity index is 718. The van der Waals surface area contributed by atoms with Crippen molar-refractivity contribution in [3.8, 4) is 0 Å². The summed E-state index contributed by atoms with van der Waals surface area (Å²) in [6.45, 7) is 4.69. The van der Waals surface area contributed by atoms with E-state index in [2.05, 4.69) is 6.92 Å². The van der Waals surface area contributed by atoms with Crippen LogP contribution in [0.3, 0.4) is 0 Å². The van der Waals surface area contributed by atoms with E-state index in [1.165, 1.54) is 0 Å². The van der Waals surface area contributed by atoms with E-state index in [0.29, 0.717) is 31.3 Å². The van der Waals surface area contributed by atoms with Crippen molar-refractivity contribution in [2.45, 2.75) is 83.0 Å². The molecule has 5 rings (SSSR count). The Morgan fingerprint density at radius 3 is 2.54 bits per heavy atom. The lowest BCUT2D eigenvalue weighted by molar-refractivity contribution is -0.244. The van der Waals surface area contributed by atoms with Crippen molar-refractivity contribution in [2.24, 2.45) is 34.5 Å². The monoisotopic (exact) mass is 390 g/mol. The van der Waals surface area contributed by atoms with E-state index in [0.717, 1.165) is 44.1 Å². The lowest BCUT2D eigenvalue weighted by atomic mass is 9.42. The maximum absolute atomic E-state index is 12.1. The summed E-state index contributed by atoms with van der Waals surface area (Å²) in [6, 6.07) is 0. The first-order valence-corrected chi connectivity index (χ1v) is 11.2. The lowest BCUT2D eigenvalue weighted by Gasteiger charge is -2.64. The molecule has 0 saturated heterocycles. The zero-order valence-electron chi connectivity index (χ0n) is 17.1. The average Bonchev–Trinajstić information content (AvgIpc) is 3.19. The number of cyclic esters (lactones) is 1. The second-order valence-electron chi connectivity index (χ2n) is 10.8. The molecule has 0 aromatic carbocycles. The Balaban J connectivity index is 1.51. The van der Waals surface area contributed by atoms with Crippen LogP contribution in [0.15, 0.2) is 11.6 Å². The molecule has 5 nitrogen and oxygen atoms in total. The summed E-state index contributed by atoms with van der Waals surface area (Å²) in [5, 5.41) is 33.7. The number of carbonyl (C=O) groups excluding carboxylic acids is 1. The van der Waals surface area contributed by atoms with Gasteiger partial charge < -0.3 is 20.1 Å². The fourth-order valence-corrected chi connectivity index (χ4v) is 8.37. The van der Waals surface area contributed by atoms with Crippen molar-refractivity contribution in [1.29, 1.82) is 0 Å². The van der Waals surface area contributed by atoms with Gasteiger partial charge in [-0.3, -0.25) is 0 Å². The molecule has 3 N–H and O–H groups in total. The number of ether oxygens (including phenoxy) is 1. The second-order valence-corrected chi connectivity index (χ2v) is 10.8. The highest BCUT2D eigenvalue weighted by molar-refractivity contribution is 5.85. The summed E-state index contributed by atoms with van der Waals surface area (Å²) in [5.74, 6) is 0.657. The van der Waals surface area contributed by atoms with Crippen molar-refractivity contribution < 1.29 is 24.9 Å². The number of aliphatic hydroxyl groups excluding tert-OH is 2. The number of esters is 1. The molecule has 5 heteroatoms. The molecule has 4 fully saturated rings. The molecule has 0 aromatic rings. The molecular formula is C23H34O5. The number of rotatable bonds is 1. The predicted molar refractivity (Wildman–Crippen MR) is 103 cm³/mol. The van der Waals surface area contributed by atoms with Gasteiger partial charge in [-0.15, -0.1) is 0 Å². The number of fused-ring (bicyclic) bond motifs is 5. The normalized spacial score (nSPS) is 55.8. The molecule has 1 heterocycles. The topological polar surface area (TPSA) is 87.0 Å². The Morgan fingerprint density at radius 2 is 1.82 bits per heavy atom. The lowest BCUT2D eigenvalue weighted by Crippen LogP contribution is -2.67. The van der Waals surface area contributed by atoms with E-state index in [-0.39, 0.29) is 29.3 Å². The molecule has 0 aromatic heterocycles. The Kier molecular flexibility index (Phi) is 4.12. The SMILES string of the molecule is C[C@@]12CC[C@@H](O)C[C@H]1CC[C@H]1[C@H]2C[C@H](O)[C@]2(C)[C@H](C3=CC(=O)OC3)CC[C@]12O. The van der Waals surface area contributed by atoms with Gasteiger partial charge in [0.15, 0.2) is 0 Å². The third-order valence-corrected chi connectivity index (χ3v) is 10.0. The van der Waals surface area contributed by atoms with Crippen LogP contribution in [0, 0.1) is 34.5 Å². The molecular weight excluding hydrogens is 356 g/mol. The third kappa shape index (κ3) is 2.27. The molecule has 0 radical (unpaired) electrons. The third-order valence-electron chi connectivity index (χ3n) is 10.0. The number of carbonyl (C=O) groups is 1. The predicted octanol–water partition coefficient (Wildman–Crippen LogP) is 2.58. The van der Waals surface area contributed by atoms with Crippen molar-refractivity contribution in [3.63, 3.8) is 0 Å². The first-order valence-electron chi connectivity index (χ1n) is 11.2. The molecule has 4 saturated carbocycles. The quantitative estimate of drug-likeness (QED) is 0.599. The van der Waals surface area contributed by atoms with Crippen LogP contribution < -0.4 is 0 Å². The van der Waals surface area contributed by atoms with Crippen LogP contribution in [-0.2, 0) is 9.53 Å². The van der Waals surface area contributed by atoms with Crippen LogP contribution >= 0.6 is 0 Å². The molecule has 1 aliphatic heterocycles. The van der Waals surface area contributed by atoms with E-state index < -0.39 is 17.1 Å². The van der Waals surface area contributed by atoms with Crippen LogP contribution in [0.2, 0.25) is 0 Å². The summed E-state index contributed by atoms with van der Waals surface area (Å²) < 4.78 is 5.16. The van der Waals surface area contributed by atoms with Gasteiger partial charge in [-0.2, -0.15) is 0 Å². The molecule has 28 heavy (non-hydrogen) atoms. The van der Waals surface area contributed by atoms with Gasteiger partial charge in [0, 0.05) is 11.5 Å². The van der Waals surface area contributed by atoms with Gasteiger partial charge in [-0.25, -0.2) is 4.79 Å². The first kappa shape index (κ1) is 19.1. The van der Waals surface area contributed by atoms with Crippen LogP contribution in [0.4, 0.5) is 0 Å². The minimum atomic E-state index is -0.906. The van der Waals surface area contributed by atoms with Crippen molar-refractivity contribution in [1.82, 2.24) is 0 Å². The first-order chi connectivity index (χ1) is 13.2. The van der Waals surface area contributed by atoms with E-state index in [1.807, 2.05) is 6.92 Å². The van der Waals surface area contributed by atoms with E-state index in [9.17, 15) is 20.1 Å². The highest BCUT2D eigenvalue weighted by atomic mass is 16.5. The second kappa shape index (κ2) is 6.05. The zero-order valence-corrected chi connectivity index (χ0v) is 17.1.